The topological polar surface area (TPSA) is 86.9 Å². The number of aromatic nitrogens is 3. The molecule has 6 nitrogen and oxygen atoms in total. The number of rotatable bonds is 4. The van der Waals surface area contributed by atoms with Crippen LogP contribution in [-0.4, -0.2) is 14.5 Å². The number of nitrogens with zero attached hydrogens (tertiary/aromatic N) is 3. The fourth-order valence-corrected chi connectivity index (χ4v) is 4.26. The van der Waals surface area contributed by atoms with Gasteiger partial charge in [0, 0.05) is 24.2 Å². The van der Waals surface area contributed by atoms with E-state index in [1.165, 1.54) is 0 Å². The first-order valence-electron chi connectivity index (χ1n) is 10.7. The summed E-state index contributed by atoms with van der Waals surface area (Å²) in [5.41, 5.74) is 9.42. The minimum atomic E-state index is -0.430. The lowest BCUT2D eigenvalue weighted by Gasteiger charge is -2.31. The van der Waals surface area contributed by atoms with Crippen LogP contribution in [0.2, 0.25) is 0 Å². The van der Waals surface area contributed by atoms with E-state index in [9.17, 15) is 4.79 Å². The molecular weight excluding hydrogens is 412 g/mol. The molecule has 0 spiro atoms. The van der Waals surface area contributed by atoms with Crippen molar-refractivity contribution in [1.82, 2.24) is 14.5 Å². The molecule has 2 aromatic carbocycles. The zero-order valence-corrected chi connectivity index (χ0v) is 17.7. The molecule has 1 atom stereocenters. The quantitative estimate of drug-likeness (QED) is 0.412. The first-order valence-corrected chi connectivity index (χ1v) is 10.7. The van der Waals surface area contributed by atoms with Crippen LogP contribution >= 0.6 is 0 Å². The van der Waals surface area contributed by atoms with Gasteiger partial charge in [0.25, 0.3) is 0 Å². The minimum absolute atomic E-state index is 0.113. The van der Waals surface area contributed by atoms with Crippen molar-refractivity contribution >= 4 is 11.0 Å². The molecule has 0 amide bonds. The lowest BCUT2D eigenvalue weighted by atomic mass is 9.79. The number of imidazole rings is 1. The van der Waals surface area contributed by atoms with E-state index in [0.717, 1.165) is 23.1 Å². The van der Waals surface area contributed by atoms with Gasteiger partial charge in [-0.25, -0.2) is 9.97 Å². The van der Waals surface area contributed by atoms with Crippen LogP contribution in [0.3, 0.4) is 0 Å². The number of hydrogen-bond acceptors (Lipinski definition) is 5. The molecule has 1 unspecified atom stereocenters. The summed E-state index contributed by atoms with van der Waals surface area (Å²) in [5.74, 6) is 1.02. The Morgan fingerprint density at radius 2 is 1.76 bits per heavy atom. The summed E-state index contributed by atoms with van der Waals surface area (Å²) < 4.78 is 8.19. The van der Waals surface area contributed by atoms with E-state index in [1.54, 1.807) is 35.6 Å². The van der Waals surface area contributed by atoms with E-state index >= 15 is 0 Å². The lowest BCUT2D eigenvalue weighted by Crippen LogP contribution is -2.38. The normalized spacial score (nSPS) is 17.2. The van der Waals surface area contributed by atoms with Crippen molar-refractivity contribution in [3.63, 3.8) is 0 Å². The first-order chi connectivity index (χ1) is 16.1. The fourth-order valence-electron chi connectivity index (χ4n) is 4.26. The van der Waals surface area contributed by atoms with Crippen molar-refractivity contribution in [2.45, 2.75) is 12.0 Å². The molecule has 6 rings (SSSR count). The van der Waals surface area contributed by atoms with Crippen LogP contribution in [0.4, 0.5) is 0 Å². The Hall–Kier alpha value is -4.29. The molecule has 0 radical (unpaired) electrons. The molecule has 160 valence electrons. The van der Waals surface area contributed by atoms with Crippen LogP contribution < -0.4 is 11.2 Å². The van der Waals surface area contributed by atoms with Gasteiger partial charge in [0.15, 0.2) is 11.4 Å². The molecule has 33 heavy (non-hydrogen) atoms. The molecule has 0 fully saturated rings. The molecule has 1 aliphatic rings. The number of benzene rings is 2. The second-order valence-corrected chi connectivity index (χ2v) is 8.21. The third kappa shape index (κ3) is 3.11. The Balaban J connectivity index is 1.62. The third-order valence-corrected chi connectivity index (χ3v) is 6.16. The van der Waals surface area contributed by atoms with Crippen LogP contribution in [-0.2, 0) is 5.54 Å². The van der Waals surface area contributed by atoms with Gasteiger partial charge in [-0.15, -0.1) is 0 Å². The molecule has 0 saturated carbocycles. The van der Waals surface area contributed by atoms with Crippen LogP contribution in [0.15, 0.2) is 107 Å². The molecule has 6 heteroatoms. The van der Waals surface area contributed by atoms with Crippen molar-refractivity contribution in [2.24, 2.45) is 5.73 Å². The van der Waals surface area contributed by atoms with E-state index < -0.39 is 5.54 Å². The van der Waals surface area contributed by atoms with Gasteiger partial charge in [0.1, 0.15) is 12.1 Å². The van der Waals surface area contributed by atoms with Gasteiger partial charge >= 0.3 is 0 Å². The maximum Gasteiger partial charge on any atom is 0.201 e. The highest BCUT2D eigenvalue weighted by Crippen LogP contribution is 2.36. The van der Waals surface area contributed by atoms with Gasteiger partial charge in [0.2, 0.25) is 5.43 Å². The number of pyridine rings is 1. The van der Waals surface area contributed by atoms with E-state index in [1.807, 2.05) is 60.7 Å². The molecule has 1 aliphatic carbocycles. The van der Waals surface area contributed by atoms with E-state index in [0.29, 0.717) is 28.1 Å². The lowest BCUT2D eigenvalue weighted by molar-refractivity contribution is 0.522. The second kappa shape index (κ2) is 7.39. The van der Waals surface area contributed by atoms with Crippen molar-refractivity contribution < 1.29 is 4.42 Å². The van der Waals surface area contributed by atoms with Crippen LogP contribution in [0, 0.1) is 0 Å². The van der Waals surface area contributed by atoms with Gasteiger partial charge in [-0.1, -0.05) is 66.7 Å². The first kappa shape index (κ1) is 19.4. The molecule has 0 bridgehead atoms. The Morgan fingerprint density at radius 3 is 2.42 bits per heavy atom. The maximum absolute atomic E-state index is 13.8. The monoisotopic (exact) mass is 432 g/mol. The molecule has 3 aromatic heterocycles. The Bertz CT molecular complexity index is 1550. The number of fused-ring (bicyclic) bond motifs is 1. The standard InChI is InChI=1S/C27H20N4O2/c28-27(12-4-13-27)20-9-7-18(8-10-20)22-23(32)21-11-14-30-26(31-16-15-29-17-31)25(21)33-24(22)19-5-2-1-3-6-19/h1-12,14-17H,13,28H2. The van der Waals surface area contributed by atoms with Gasteiger partial charge in [-0.3, -0.25) is 9.36 Å². The molecule has 0 saturated heterocycles. The van der Waals surface area contributed by atoms with E-state index in [2.05, 4.69) is 16.0 Å². The van der Waals surface area contributed by atoms with Crippen LogP contribution in [0.25, 0.3) is 39.2 Å². The number of hydrogen-bond donors (Lipinski definition) is 1. The van der Waals surface area contributed by atoms with Gasteiger partial charge in [-0.05, 0) is 23.6 Å². The number of nitrogens with two attached hydrogens (primary N) is 1. The predicted molar refractivity (Wildman–Crippen MR) is 128 cm³/mol. The zero-order valence-electron chi connectivity index (χ0n) is 17.7. The average Bonchev–Trinajstić information content (AvgIpc) is 3.38. The van der Waals surface area contributed by atoms with Gasteiger partial charge < -0.3 is 10.2 Å². The zero-order chi connectivity index (χ0) is 22.4. The molecular formula is C27H20N4O2. The Morgan fingerprint density at radius 1 is 0.970 bits per heavy atom. The SMILES string of the molecule is NC1(c2ccc(-c3c(-c4ccccc4)oc4c(-n5ccnc5)nccc4c3=O)cc2)C=CC1. The molecule has 0 aliphatic heterocycles. The Kier molecular flexibility index (Phi) is 4.35. The van der Waals surface area contributed by atoms with Crippen LogP contribution in [0.5, 0.6) is 0 Å². The van der Waals surface area contributed by atoms with Gasteiger partial charge in [-0.2, -0.15) is 0 Å². The highest BCUT2D eigenvalue weighted by molar-refractivity contribution is 5.91. The van der Waals surface area contributed by atoms with Crippen molar-refractivity contribution in [3.05, 3.63) is 114 Å². The summed E-state index contributed by atoms with van der Waals surface area (Å²) in [4.78, 5) is 22.4. The van der Waals surface area contributed by atoms with Crippen molar-refractivity contribution in [1.29, 1.82) is 0 Å². The van der Waals surface area contributed by atoms with Gasteiger partial charge in [0.05, 0.1) is 16.5 Å². The summed E-state index contributed by atoms with van der Waals surface area (Å²) in [5, 5.41) is 0.463. The summed E-state index contributed by atoms with van der Waals surface area (Å²) in [7, 11) is 0. The largest absolute Gasteiger partial charge is 0.451 e. The molecule has 2 N–H and O–H groups in total. The van der Waals surface area contributed by atoms with E-state index in [-0.39, 0.29) is 5.43 Å². The van der Waals surface area contributed by atoms with Crippen molar-refractivity contribution in [2.75, 3.05) is 0 Å². The average molecular weight is 432 g/mol. The third-order valence-electron chi connectivity index (χ3n) is 6.16. The highest BCUT2D eigenvalue weighted by atomic mass is 16.3. The second-order valence-electron chi connectivity index (χ2n) is 8.21. The summed E-state index contributed by atoms with van der Waals surface area (Å²) in [6.07, 6.45) is 11.6. The highest BCUT2D eigenvalue weighted by Gasteiger charge is 2.28. The fraction of sp³-hybridized carbons (Fsp3) is 0.0741. The van der Waals surface area contributed by atoms with Crippen LogP contribution in [0.1, 0.15) is 12.0 Å². The molecule has 3 heterocycles. The Labute approximate surface area is 189 Å². The van der Waals surface area contributed by atoms with Crippen molar-refractivity contribution in [3.8, 4) is 28.3 Å². The minimum Gasteiger partial charge on any atom is -0.451 e. The smallest absolute Gasteiger partial charge is 0.201 e. The predicted octanol–water partition coefficient (Wildman–Crippen LogP) is 4.82. The maximum atomic E-state index is 13.8. The summed E-state index contributed by atoms with van der Waals surface area (Å²) >= 11 is 0. The molecule has 5 aromatic rings. The summed E-state index contributed by atoms with van der Waals surface area (Å²) in [6.45, 7) is 0. The summed E-state index contributed by atoms with van der Waals surface area (Å²) in [6, 6.07) is 19.2. The van der Waals surface area contributed by atoms with E-state index in [4.69, 9.17) is 10.2 Å².